The highest BCUT2D eigenvalue weighted by Gasteiger charge is 2.49. The first-order chi connectivity index (χ1) is 8.55. The van der Waals surface area contributed by atoms with E-state index in [0.717, 1.165) is 38.5 Å². The minimum Gasteiger partial charge on any atom is -0.481 e. The first-order valence-electron chi connectivity index (χ1n) is 7.06. The lowest BCUT2D eigenvalue weighted by molar-refractivity contribution is -0.151. The summed E-state index contributed by atoms with van der Waals surface area (Å²) in [6, 6.07) is 0. The number of carboxylic acids is 1. The van der Waals surface area contributed by atoms with Crippen molar-refractivity contribution in [1.82, 2.24) is 5.32 Å². The molecule has 0 saturated heterocycles. The molecular formula is C14H23NO3. The van der Waals surface area contributed by atoms with Gasteiger partial charge in [0.2, 0.25) is 5.91 Å². The number of nitrogens with one attached hydrogen (secondary N) is 1. The van der Waals surface area contributed by atoms with Gasteiger partial charge in [0.05, 0.1) is 5.41 Å². The maximum absolute atomic E-state index is 12.1. The summed E-state index contributed by atoms with van der Waals surface area (Å²) in [5.41, 5.74) is -0.883. The van der Waals surface area contributed by atoms with Gasteiger partial charge in [0, 0.05) is 12.0 Å². The van der Waals surface area contributed by atoms with Crippen LogP contribution < -0.4 is 5.32 Å². The Labute approximate surface area is 108 Å². The number of hydrogen-bond donors (Lipinski definition) is 2. The van der Waals surface area contributed by atoms with Crippen molar-refractivity contribution in [2.24, 2.45) is 10.8 Å². The zero-order valence-electron chi connectivity index (χ0n) is 11.1. The first-order valence-corrected chi connectivity index (χ1v) is 7.06. The Balaban J connectivity index is 1.94. The normalized spacial score (nSPS) is 24.3. The highest BCUT2D eigenvalue weighted by Crippen LogP contribution is 2.49. The molecule has 2 rings (SSSR count). The maximum atomic E-state index is 12.1. The van der Waals surface area contributed by atoms with E-state index in [2.05, 4.69) is 5.32 Å². The van der Waals surface area contributed by atoms with E-state index in [-0.39, 0.29) is 11.3 Å². The summed E-state index contributed by atoms with van der Waals surface area (Å²) < 4.78 is 0. The summed E-state index contributed by atoms with van der Waals surface area (Å²) in [5.74, 6) is -0.681. The fraction of sp³-hybridized carbons (Fsp3) is 0.857. The van der Waals surface area contributed by atoms with Gasteiger partial charge in [-0.1, -0.05) is 26.2 Å². The Hall–Kier alpha value is -1.06. The maximum Gasteiger partial charge on any atom is 0.311 e. The van der Waals surface area contributed by atoms with Gasteiger partial charge in [-0.3, -0.25) is 9.59 Å². The van der Waals surface area contributed by atoms with Crippen LogP contribution in [0.2, 0.25) is 0 Å². The Morgan fingerprint density at radius 3 is 2.11 bits per heavy atom. The lowest BCUT2D eigenvalue weighted by Crippen LogP contribution is -2.46. The van der Waals surface area contributed by atoms with Crippen molar-refractivity contribution in [2.45, 2.75) is 58.3 Å². The zero-order valence-corrected chi connectivity index (χ0v) is 11.1. The summed E-state index contributed by atoms with van der Waals surface area (Å²) in [5, 5.41) is 12.3. The van der Waals surface area contributed by atoms with Gasteiger partial charge in [-0.25, -0.2) is 0 Å². The average Bonchev–Trinajstić information content (AvgIpc) is 3.18. The van der Waals surface area contributed by atoms with E-state index >= 15 is 0 Å². The van der Waals surface area contributed by atoms with E-state index in [1.165, 1.54) is 0 Å². The molecule has 4 heteroatoms. The van der Waals surface area contributed by atoms with Gasteiger partial charge in [0.15, 0.2) is 0 Å². The first kappa shape index (κ1) is 13.4. The lowest BCUT2D eigenvalue weighted by Gasteiger charge is -2.33. The molecule has 4 nitrogen and oxygen atoms in total. The molecule has 0 unspecified atom stereocenters. The van der Waals surface area contributed by atoms with Crippen molar-refractivity contribution in [2.75, 3.05) is 6.54 Å². The van der Waals surface area contributed by atoms with E-state index in [1.54, 1.807) is 0 Å². The van der Waals surface area contributed by atoms with Crippen molar-refractivity contribution in [1.29, 1.82) is 0 Å². The SMILES string of the molecule is CCC1(C(=O)NCC2(C(=O)O)CCCCC2)CC1. The van der Waals surface area contributed by atoms with Gasteiger partial charge in [0.25, 0.3) is 0 Å². The third-order valence-corrected chi connectivity index (χ3v) is 4.86. The van der Waals surface area contributed by atoms with Crippen LogP contribution in [-0.4, -0.2) is 23.5 Å². The van der Waals surface area contributed by atoms with Crippen LogP contribution >= 0.6 is 0 Å². The molecule has 2 aliphatic rings. The smallest absolute Gasteiger partial charge is 0.311 e. The number of carboxylic acid groups (broad SMARTS) is 1. The second-order valence-corrected chi connectivity index (χ2v) is 5.96. The van der Waals surface area contributed by atoms with Crippen molar-refractivity contribution < 1.29 is 14.7 Å². The quantitative estimate of drug-likeness (QED) is 0.790. The van der Waals surface area contributed by atoms with Gasteiger partial charge >= 0.3 is 5.97 Å². The van der Waals surface area contributed by atoms with Crippen LogP contribution in [0.1, 0.15) is 58.3 Å². The topological polar surface area (TPSA) is 66.4 Å². The zero-order chi connectivity index (χ0) is 13.2. The standard InChI is InChI=1S/C14H23NO3/c1-2-13(8-9-13)11(16)15-10-14(12(17)18)6-4-3-5-7-14/h2-10H2,1H3,(H,15,16)(H,17,18). The summed E-state index contributed by atoms with van der Waals surface area (Å²) in [7, 11) is 0. The lowest BCUT2D eigenvalue weighted by atomic mass is 9.74. The molecule has 0 aromatic heterocycles. The Morgan fingerprint density at radius 1 is 1.06 bits per heavy atom. The van der Waals surface area contributed by atoms with Crippen molar-refractivity contribution in [3.63, 3.8) is 0 Å². The van der Waals surface area contributed by atoms with Crippen LogP contribution in [0.3, 0.4) is 0 Å². The number of carbonyl (C=O) groups excluding carboxylic acids is 1. The third-order valence-electron chi connectivity index (χ3n) is 4.86. The van der Waals surface area contributed by atoms with Gasteiger partial charge in [-0.2, -0.15) is 0 Å². The minimum absolute atomic E-state index is 0.0659. The minimum atomic E-state index is -0.746. The monoisotopic (exact) mass is 253 g/mol. The molecule has 0 aliphatic heterocycles. The van der Waals surface area contributed by atoms with E-state index in [0.29, 0.717) is 19.4 Å². The van der Waals surface area contributed by atoms with E-state index in [4.69, 9.17) is 0 Å². The van der Waals surface area contributed by atoms with Gasteiger partial charge < -0.3 is 10.4 Å². The summed E-state index contributed by atoms with van der Waals surface area (Å²) in [4.78, 5) is 23.5. The van der Waals surface area contributed by atoms with Crippen LogP contribution in [0.15, 0.2) is 0 Å². The average molecular weight is 253 g/mol. The molecule has 0 bridgehead atoms. The van der Waals surface area contributed by atoms with Crippen LogP contribution in [0.5, 0.6) is 0 Å². The Kier molecular flexibility index (Phi) is 3.64. The molecule has 18 heavy (non-hydrogen) atoms. The number of amides is 1. The van der Waals surface area contributed by atoms with Crippen LogP contribution in [0.25, 0.3) is 0 Å². The molecule has 2 N–H and O–H groups in total. The van der Waals surface area contributed by atoms with E-state index < -0.39 is 11.4 Å². The van der Waals surface area contributed by atoms with Gasteiger partial charge in [0.1, 0.15) is 0 Å². The third kappa shape index (κ3) is 2.38. The molecule has 102 valence electrons. The van der Waals surface area contributed by atoms with Gasteiger partial charge in [-0.05, 0) is 32.1 Å². The molecule has 0 atom stereocenters. The number of aliphatic carboxylic acids is 1. The molecule has 0 spiro atoms. The number of hydrogen-bond acceptors (Lipinski definition) is 2. The number of rotatable bonds is 5. The van der Waals surface area contributed by atoms with Crippen molar-refractivity contribution in [3.8, 4) is 0 Å². The Bertz CT molecular complexity index is 341. The van der Waals surface area contributed by atoms with E-state index in [1.807, 2.05) is 6.92 Å². The molecular weight excluding hydrogens is 230 g/mol. The van der Waals surface area contributed by atoms with Crippen LogP contribution in [0.4, 0.5) is 0 Å². The molecule has 2 fully saturated rings. The highest BCUT2D eigenvalue weighted by atomic mass is 16.4. The predicted molar refractivity (Wildman–Crippen MR) is 68.1 cm³/mol. The fourth-order valence-electron chi connectivity index (χ4n) is 3.02. The van der Waals surface area contributed by atoms with Crippen molar-refractivity contribution >= 4 is 11.9 Å². The molecule has 0 aromatic carbocycles. The molecule has 1 amide bonds. The molecule has 0 heterocycles. The van der Waals surface area contributed by atoms with Gasteiger partial charge in [-0.15, -0.1) is 0 Å². The number of carbonyl (C=O) groups is 2. The molecule has 0 radical (unpaired) electrons. The Morgan fingerprint density at radius 2 is 1.67 bits per heavy atom. The second kappa shape index (κ2) is 4.90. The van der Waals surface area contributed by atoms with E-state index in [9.17, 15) is 14.7 Å². The summed E-state index contributed by atoms with van der Waals surface area (Å²) in [6.45, 7) is 2.34. The largest absolute Gasteiger partial charge is 0.481 e. The van der Waals surface area contributed by atoms with Crippen LogP contribution in [-0.2, 0) is 9.59 Å². The second-order valence-electron chi connectivity index (χ2n) is 5.96. The summed E-state index contributed by atoms with van der Waals surface area (Å²) in [6.07, 6.45) is 7.19. The van der Waals surface area contributed by atoms with Crippen molar-refractivity contribution in [3.05, 3.63) is 0 Å². The molecule has 2 saturated carbocycles. The predicted octanol–water partition coefficient (Wildman–Crippen LogP) is 2.33. The highest BCUT2D eigenvalue weighted by molar-refractivity contribution is 5.86. The molecule has 2 aliphatic carbocycles. The fourth-order valence-corrected chi connectivity index (χ4v) is 3.02. The van der Waals surface area contributed by atoms with Crippen LogP contribution in [0, 0.1) is 10.8 Å². The molecule has 0 aromatic rings. The summed E-state index contributed by atoms with van der Waals surface area (Å²) >= 11 is 0.